The molecule has 3 rings (SSSR count). The van der Waals surface area contributed by atoms with Crippen molar-refractivity contribution in [2.24, 2.45) is 0 Å². The van der Waals surface area contributed by atoms with E-state index in [4.69, 9.17) is 9.84 Å². The van der Waals surface area contributed by atoms with Gasteiger partial charge in [0.25, 0.3) is 0 Å². The van der Waals surface area contributed by atoms with E-state index in [9.17, 15) is 30.0 Å². The Kier molecular flexibility index (Phi) is 7.92. The maximum atomic E-state index is 11.6. The van der Waals surface area contributed by atoms with Gasteiger partial charge in [-0.15, -0.1) is 0 Å². The fourth-order valence-corrected chi connectivity index (χ4v) is 4.31. The van der Waals surface area contributed by atoms with Crippen LogP contribution in [0.1, 0.15) is 41.7 Å². The van der Waals surface area contributed by atoms with Crippen LogP contribution in [0.4, 0.5) is 0 Å². The molecule has 31 heavy (non-hydrogen) atoms. The van der Waals surface area contributed by atoms with E-state index in [1.165, 1.54) is 12.3 Å². The highest BCUT2D eigenvalue weighted by molar-refractivity contribution is 5.87. The van der Waals surface area contributed by atoms with Crippen molar-refractivity contribution < 1.29 is 39.9 Å². The van der Waals surface area contributed by atoms with Gasteiger partial charge in [-0.05, 0) is 25.0 Å². The van der Waals surface area contributed by atoms with Crippen LogP contribution in [0.15, 0.2) is 18.3 Å². The molecule has 5 N–H and O–H groups in total. The number of nitrogens with zero attached hydrogens (tertiary/aromatic N) is 3. The summed E-state index contributed by atoms with van der Waals surface area (Å²) in [6, 6.07) is 2.65. The average Bonchev–Trinajstić information content (AvgIpc) is 3.41. The Balaban J connectivity index is 1.80. The van der Waals surface area contributed by atoms with Crippen LogP contribution in [-0.2, 0) is 16.1 Å². The third-order valence-electron chi connectivity index (χ3n) is 5.78. The summed E-state index contributed by atoms with van der Waals surface area (Å²) in [6.07, 6.45) is 1.68. The molecule has 2 fully saturated rings. The SMILES string of the molecule is O=C(O)CN(Cc1ccc(C(=O)O)cn1)[C@H]1CCCCC1N(CC(O)O)CC1OC1O. The average molecular weight is 439 g/mol. The first-order valence-electron chi connectivity index (χ1n) is 10.3. The first kappa shape index (κ1) is 23.5. The number of ether oxygens (including phenoxy) is 1. The van der Waals surface area contributed by atoms with Gasteiger partial charge < -0.3 is 30.3 Å². The van der Waals surface area contributed by atoms with Gasteiger partial charge in [0.05, 0.1) is 17.8 Å². The van der Waals surface area contributed by atoms with Gasteiger partial charge in [-0.3, -0.25) is 19.6 Å². The summed E-state index contributed by atoms with van der Waals surface area (Å²) in [7, 11) is 0. The first-order chi connectivity index (χ1) is 14.7. The number of hydrogen-bond donors (Lipinski definition) is 5. The number of carboxylic acids is 2. The molecule has 172 valence electrons. The van der Waals surface area contributed by atoms with E-state index in [1.807, 2.05) is 4.90 Å². The van der Waals surface area contributed by atoms with Crippen LogP contribution in [0.5, 0.6) is 0 Å². The highest BCUT2D eigenvalue weighted by Gasteiger charge is 2.42. The number of pyridine rings is 1. The van der Waals surface area contributed by atoms with E-state index in [1.54, 1.807) is 11.0 Å². The molecule has 0 aromatic carbocycles. The highest BCUT2D eigenvalue weighted by Crippen LogP contribution is 2.31. The second-order valence-corrected chi connectivity index (χ2v) is 8.06. The Bertz CT molecular complexity index is 759. The lowest BCUT2D eigenvalue weighted by atomic mass is 9.87. The van der Waals surface area contributed by atoms with E-state index in [0.717, 1.165) is 25.7 Å². The van der Waals surface area contributed by atoms with Gasteiger partial charge in [-0.2, -0.15) is 0 Å². The number of rotatable bonds is 11. The molecule has 0 amide bonds. The zero-order valence-electron chi connectivity index (χ0n) is 17.1. The molecule has 1 aliphatic heterocycles. The summed E-state index contributed by atoms with van der Waals surface area (Å²) in [4.78, 5) is 30.4. The zero-order chi connectivity index (χ0) is 22.5. The minimum absolute atomic E-state index is 0.0415. The Morgan fingerprint density at radius 2 is 1.77 bits per heavy atom. The fourth-order valence-electron chi connectivity index (χ4n) is 4.31. The quantitative estimate of drug-likeness (QED) is 0.219. The van der Waals surface area contributed by atoms with Crippen molar-refractivity contribution in [2.75, 3.05) is 19.6 Å². The number of aromatic carboxylic acids is 1. The zero-order valence-corrected chi connectivity index (χ0v) is 17.1. The van der Waals surface area contributed by atoms with Crippen LogP contribution in [0.2, 0.25) is 0 Å². The van der Waals surface area contributed by atoms with Crippen molar-refractivity contribution in [1.29, 1.82) is 0 Å². The van der Waals surface area contributed by atoms with Gasteiger partial charge >= 0.3 is 11.9 Å². The number of aromatic nitrogens is 1. The van der Waals surface area contributed by atoms with Crippen molar-refractivity contribution in [3.8, 4) is 0 Å². The van der Waals surface area contributed by atoms with Crippen LogP contribution in [-0.4, -0.2) is 103 Å². The largest absolute Gasteiger partial charge is 0.480 e. The molecule has 0 radical (unpaired) electrons. The van der Waals surface area contributed by atoms with Gasteiger partial charge in [0.2, 0.25) is 0 Å². The predicted octanol–water partition coefficient (Wildman–Crippen LogP) is -0.692. The third kappa shape index (κ3) is 6.66. The van der Waals surface area contributed by atoms with Crippen molar-refractivity contribution in [3.05, 3.63) is 29.6 Å². The van der Waals surface area contributed by atoms with Crippen molar-refractivity contribution in [2.45, 2.75) is 63.0 Å². The lowest BCUT2D eigenvalue weighted by Gasteiger charge is -2.44. The first-order valence-corrected chi connectivity index (χ1v) is 10.3. The van der Waals surface area contributed by atoms with Crippen LogP contribution >= 0.6 is 0 Å². The number of aliphatic carboxylic acids is 1. The Morgan fingerprint density at radius 3 is 2.26 bits per heavy atom. The molecule has 3 unspecified atom stereocenters. The number of carboxylic acid groups (broad SMARTS) is 2. The van der Waals surface area contributed by atoms with Crippen LogP contribution in [0.3, 0.4) is 0 Å². The molecule has 11 heteroatoms. The van der Waals surface area contributed by atoms with Gasteiger partial charge in [-0.25, -0.2) is 4.79 Å². The number of carbonyl (C=O) groups is 2. The lowest BCUT2D eigenvalue weighted by Crippen LogP contribution is -2.56. The molecule has 0 spiro atoms. The standard InChI is InChI=1S/C20H29N3O8/c24-17(25)10-22(8-13-6-5-12(7-21-13)19(28)29)14-3-1-2-4-15(14)23(11-18(26)27)9-16-20(30)31-16/h5-7,14-16,18,20,26-27,30H,1-4,8-11H2,(H,24,25)(H,28,29)/t14-,15?,16?,20?/m0/s1. The normalized spacial score (nSPS) is 25.9. The molecule has 1 aromatic rings. The molecule has 1 saturated carbocycles. The number of aliphatic hydroxyl groups excluding tert-OH is 2. The Morgan fingerprint density at radius 1 is 1.13 bits per heavy atom. The predicted molar refractivity (Wildman–Crippen MR) is 106 cm³/mol. The van der Waals surface area contributed by atoms with Crippen LogP contribution < -0.4 is 0 Å². The number of aliphatic hydroxyl groups is 3. The summed E-state index contributed by atoms with van der Waals surface area (Å²) < 4.78 is 5.09. The van der Waals surface area contributed by atoms with Gasteiger partial charge in [0.15, 0.2) is 12.6 Å². The molecule has 11 nitrogen and oxygen atoms in total. The monoisotopic (exact) mass is 439 g/mol. The maximum absolute atomic E-state index is 11.6. The molecule has 1 aromatic heterocycles. The van der Waals surface area contributed by atoms with Crippen LogP contribution in [0.25, 0.3) is 0 Å². The minimum Gasteiger partial charge on any atom is -0.480 e. The number of epoxide rings is 1. The van der Waals surface area contributed by atoms with E-state index < -0.39 is 30.6 Å². The van der Waals surface area contributed by atoms with Crippen molar-refractivity contribution in [3.63, 3.8) is 0 Å². The van der Waals surface area contributed by atoms with E-state index in [0.29, 0.717) is 12.2 Å². The summed E-state index contributed by atoms with van der Waals surface area (Å²) in [5, 5.41) is 47.2. The van der Waals surface area contributed by atoms with E-state index >= 15 is 0 Å². The Labute approximate surface area is 179 Å². The van der Waals surface area contributed by atoms with Crippen molar-refractivity contribution in [1.82, 2.24) is 14.8 Å². The van der Waals surface area contributed by atoms with Crippen molar-refractivity contribution >= 4 is 11.9 Å². The molecule has 1 aliphatic carbocycles. The maximum Gasteiger partial charge on any atom is 0.337 e. The summed E-state index contributed by atoms with van der Waals surface area (Å²) in [5.41, 5.74) is 0.598. The van der Waals surface area contributed by atoms with Gasteiger partial charge in [0, 0.05) is 37.9 Å². The molecule has 2 heterocycles. The van der Waals surface area contributed by atoms with Crippen LogP contribution in [0, 0.1) is 0 Å². The molecule has 4 atom stereocenters. The smallest absolute Gasteiger partial charge is 0.337 e. The molecule has 2 aliphatic rings. The molecule has 0 bridgehead atoms. The summed E-state index contributed by atoms with van der Waals surface area (Å²) >= 11 is 0. The third-order valence-corrected chi connectivity index (χ3v) is 5.78. The second kappa shape index (κ2) is 10.4. The van der Waals surface area contributed by atoms with E-state index in [-0.39, 0.29) is 37.3 Å². The highest BCUT2D eigenvalue weighted by atomic mass is 16.7. The lowest BCUT2D eigenvalue weighted by molar-refractivity contribution is -0.140. The topological polar surface area (TPSA) is 167 Å². The molecule has 1 saturated heterocycles. The van der Waals surface area contributed by atoms with Gasteiger partial charge in [0.1, 0.15) is 6.10 Å². The second-order valence-electron chi connectivity index (χ2n) is 8.06. The van der Waals surface area contributed by atoms with E-state index in [2.05, 4.69) is 4.98 Å². The minimum atomic E-state index is -1.57. The molecular weight excluding hydrogens is 410 g/mol. The Hall–Kier alpha value is -2.15. The summed E-state index contributed by atoms with van der Waals surface area (Å²) in [6.45, 7) is 0.250. The molecular formula is C20H29N3O8. The summed E-state index contributed by atoms with van der Waals surface area (Å²) in [5.74, 6) is -2.09. The van der Waals surface area contributed by atoms with Gasteiger partial charge in [-0.1, -0.05) is 12.8 Å². The number of hydrogen-bond acceptors (Lipinski definition) is 9. The fraction of sp³-hybridized carbons (Fsp3) is 0.650.